The van der Waals surface area contributed by atoms with Gasteiger partial charge in [-0.05, 0) is 97.9 Å². The smallest absolute Gasteiger partial charge is 0.0543 e. The van der Waals surface area contributed by atoms with E-state index in [1.807, 2.05) is 11.3 Å². The van der Waals surface area contributed by atoms with Crippen LogP contribution in [0.5, 0.6) is 0 Å². The van der Waals surface area contributed by atoms with E-state index in [0.717, 1.165) is 5.69 Å². The van der Waals surface area contributed by atoms with Gasteiger partial charge in [-0.3, -0.25) is 0 Å². The maximum Gasteiger partial charge on any atom is 0.0543 e. The first-order chi connectivity index (χ1) is 25.1. The summed E-state index contributed by atoms with van der Waals surface area (Å²) in [5.41, 5.74) is 16.6. The van der Waals surface area contributed by atoms with Gasteiger partial charge in [0.2, 0.25) is 0 Å². The number of thiophene rings is 1. The molecule has 0 amide bonds. The molecule has 1 aromatic heterocycles. The Labute approximate surface area is 301 Å². The molecule has 0 unspecified atom stereocenters. The van der Waals surface area contributed by atoms with Crippen LogP contribution in [0.3, 0.4) is 0 Å². The first kappa shape index (κ1) is 28.8. The molecule has 1 nitrogen and oxygen atoms in total. The summed E-state index contributed by atoms with van der Waals surface area (Å²) in [6, 6.07) is 61.1. The average molecular weight is 668 g/mol. The molecule has 240 valence electrons. The lowest BCUT2D eigenvalue weighted by Crippen LogP contribution is -2.16. The molecule has 0 atom stereocenters. The second-order valence-electron chi connectivity index (χ2n) is 14.5. The Morgan fingerprint density at radius 1 is 0.431 bits per heavy atom. The van der Waals surface area contributed by atoms with Crippen LogP contribution in [-0.4, -0.2) is 0 Å². The van der Waals surface area contributed by atoms with E-state index in [4.69, 9.17) is 0 Å². The van der Waals surface area contributed by atoms with Gasteiger partial charge >= 0.3 is 0 Å². The molecule has 2 aliphatic carbocycles. The molecule has 0 fully saturated rings. The number of fused-ring (bicyclic) bond motifs is 9. The largest absolute Gasteiger partial charge is 0.309 e. The fraction of sp³-hybridized carbons (Fsp3) is 0.0612. The minimum absolute atomic E-state index is 0.0917. The summed E-state index contributed by atoms with van der Waals surface area (Å²) in [5.74, 6) is 0. The van der Waals surface area contributed by atoms with Crippen LogP contribution in [0.1, 0.15) is 25.0 Å². The van der Waals surface area contributed by atoms with Gasteiger partial charge in [-0.2, -0.15) is 0 Å². The predicted molar refractivity (Wildman–Crippen MR) is 219 cm³/mol. The zero-order valence-corrected chi connectivity index (χ0v) is 29.3. The summed E-state index contributed by atoms with van der Waals surface area (Å²) in [5, 5.41) is 5.26. The van der Waals surface area contributed by atoms with Crippen LogP contribution in [-0.2, 0) is 5.41 Å². The summed E-state index contributed by atoms with van der Waals surface area (Å²) >= 11 is 1.87. The van der Waals surface area contributed by atoms with E-state index in [2.05, 4.69) is 183 Å². The molecular weight excluding hydrogens is 635 g/mol. The van der Waals surface area contributed by atoms with Gasteiger partial charge in [-0.1, -0.05) is 135 Å². The van der Waals surface area contributed by atoms with Crippen molar-refractivity contribution in [2.75, 3.05) is 4.90 Å². The average Bonchev–Trinajstić information content (AvgIpc) is 3.79. The van der Waals surface area contributed by atoms with Crippen molar-refractivity contribution in [1.82, 2.24) is 0 Å². The molecule has 8 aromatic carbocycles. The van der Waals surface area contributed by atoms with Crippen molar-refractivity contribution in [3.63, 3.8) is 0 Å². The topological polar surface area (TPSA) is 3.24 Å². The second kappa shape index (κ2) is 10.5. The fourth-order valence-electron chi connectivity index (χ4n) is 9.03. The zero-order chi connectivity index (χ0) is 33.8. The number of hydrogen-bond donors (Lipinski definition) is 0. The highest BCUT2D eigenvalue weighted by atomic mass is 32.1. The van der Waals surface area contributed by atoms with E-state index < -0.39 is 0 Å². The fourth-order valence-corrected chi connectivity index (χ4v) is 10.1. The summed E-state index contributed by atoms with van der Waals surface area (Å²) in [6.07, 6.45) is 0. The number of anilines is 3. The predicted octanol–water partition coefficient (Wildman–Crippen LogP) is 14.3. The Morgan fingerprint density at radius 3 is 1.90 bits per heavy atom. The van der Waals surface area contributed by atoms with Gasteiger partial charge < -0.3 is 4.90 Å². The van der Waals surface area contributed by atoms with Crippen LogP contribution in [0.15, 0.2) is 164 Å². The van der Waals surface area contributed by atoms with Crippen molar-refractivity contribution in [2.24, 2.45) is 0 Å². The Kier molecular flexibility index (Phi) is 5.95. The molecule has 51 heavy (non-hydrogen) atoms. The van der Waals surface area contributed by atoms with E-state index in [9.17, 15) is 0 Å². The van der Waals surface area contributed by atoms with Crippen LogP contribution in [0.4, 0.5) is 17.1 Å². The Bertz CT molecular complexity index is 2860. The quantitative estimate of drug-likeness (QED) is 0.181. The second-order valence-corrected chi connectivity index (χ2v) is 15.6. The number of hydrogen-bond acceptors (Lipinski definition) is 2. The van der Waals surface area contributed by atoms with E-state index in [1.165, 1.54) is 98.0 Å². The van der Waals surface area contributed by atoms with Crippen molar-refractivity contribution >= 4 is 59.3 Å². The molecule has 0 bridgehead atoms. The minimum Gasteiger partial charge on any atom is -0.309 e. The van der Waals surface area contributed by atoms with Crippen molar-refractivity contribution in [1.29, 1.82) is 0 Å². The van der Waals surface area contributed by atoms with E-state index in [1.54, 1.807) is 0 Å². The molecule has 0 aliphatic heterocycles. The summed E-state index contributed by atoms with van der Waals surface area (Å²) in [4.78, 5) is 2.52. The third-order valence-corrected chi connectivity index (χ3v) is 12.6. The first-order valence-electron chi connectivity index (χ1n) is 17.8. The first-order valence-corrected chi connectivity index (χ1v) is 18.6. The number of rotatable bonds is 4. The van der Waals surface area contributed by atoms with Crippen molar-refractivity contribution < 1.29 is 0 Å². The highest BCUT2D eigenvalue weighted by Crippen LogP contribution is 2.56. The molecule has 0 spiro atoms. The molecular formula is C49H33NS. The lowest BCUT2D eigenvalue weighted by atomic mass is 9.82. The van der Waals surface area contributed by atoms with Crippen molar-refractivity contribution in [3.05, 3.63) is 175 Å². The molecule has 0 N–H and O–H groups in total. The molecule has 0 radical (unpaired) electrons. The van der Waals surface area contributed by atoms with Crippen LogP contribution in [0.25, 0.3) is 75.5 Å². The molecule has 1 heterocycles. The monoisotopic (exact) mass is 667 g/mol. The van der Waals surface area contributed by atoms with Crippen LogP contribution >= 0.6 is 11.3 Å². The molecule has 0 saturated heterocycles. The van der Waals surface area contributed by atoms with E-state index in [0.29, 0.717) is 0 Å². The van der Waals surface area contributed by atoms with Crippen LogP contribution in [0, 0.1) is 0 Å². The van der Waals surface area contributed by atoms with Gasteiger partial charge in [0, 0.05) is 42.2 Å². The molecule has 2 heteroatoms. The van der Waals surface area contributed by atoms with Gasteiger partial charge in [-0.15, -0.1) is 11.3 Å². The number of benzene rings is 8. The summed E-state index contributed by atoms with van der Waals surface area (Å²) in [7, 11) is 0. The maximum absolute atomic E-state index is 2.52. The van der Waals surface area contributed by atoms with E-state index in [-0.39, 0.29) is 5.41 Å². The Balaban J connectivity index is 1.13. The maximum atomic E-state index is 2.52. The van der Waals surface area contributed by atoms with Gasteiger partial charge in [0.05, 0.1) is 11.4 Å². The third-order valence-electron chi connectivity index (χ3n) is 11.4. The van der Waals surface area contributed by atoms with Crippen LogP contribution < -0.4 is 4.90 Å². The van der Waals surface area contributed by atoms with Crippen molar-refractivity contribution in [2.45, 2.75) is 19.3 Å². The summed E-state index contributed by atoms with van der Waals surface area (Å²) in [6.45, 7) is 4.73. The normalized spacial score (nSPS) is 13.5. The third kappa shape index (κ3) is 4.03. The lowest BCUT2D eigenvalue weighted by Gasteiger charge is -2.30. The van der Waals surface area contributed by atoms with Crippen LogP contribution in [0.2, 0.25) is 0 Å². The van der Waals surface area contributed by atoms with E-state index >= 15 is 0 Å². The Morgan fingerprint density at radius 2 is 1.06 bits per heavy atom. The van der Waals surface area contributed by atoms with Gasteiger partial charge in [0.25, 0.3) is 0 Å². The van der Waals surface area contributed by atoms with Gasteiger partial charge in [0.1, 0.15) is 0 Å². The van der Waals surface area contributed by atoms with Gasteiger partial charge in [-0.25, -0.2) is 0 Å². The SMILES string of the molecule is CC1(C)c2ccccc2-c2c(N(c3ccc(-c4ccc5sc6ccccc6c5c4)cc3)c3ccc4c5c(cccc35)-c3ccccc3-4)cccc21. The highest BCUT2D eigenvalue weighted by Gasteiger charge is 2.38. The van der Waals surface area contributed by atoms with Crippen molar-refractivity contribution in [3.8, 4) is 44.5 Å². The number of nitrogens with zero attached hydrogens (tertiary/aromatic N) is 1. The Hall–Kier alpha value is -5.96. The molecule has 9 aromatic rings. The highest BCUT2D eigenvalue weighted by molar-refractivity contribution is 7.25. The lowest BCUT2D eigenvalue weighted by molar-refractivity contribution is 0.660. The molecule has 2 aliphatic rings. The van der Waals surface area contributed by atoms with Gasteiger partial charge in [0.15, 0.2) is 0 Å². The summed E-state index contributed by atoms with van der Waals surface area (Å²) < 4.78 is 2.67. The molecule has 11 rings (SSSR count). The minimum atomic E-state index is -0.0917. The zero-order valence-electron chi connectivity index (χ0n) is 28.4. The standard InChI is InChI=1S/C49H33NS/c1-49(2)41-17-7-5-14-38(41)48-42(49)18-10-19-44(48)50(43-27-26-37-34-12-4-3-11-33(34)36-15-9-16-39(43)47(36)37)32-24-21-30(22-25-32)31-23-28-46-40(29-31)35-13-6-8-20-45(35)51-46/h3-29H,1-2H3. The molecule has 0 saturated carbocycles.